The Kier molecular flexibility index (Phi) is 7.86. The highest BCUT2D eigenvalue weighted by atomic mass is 35.5. The summed E-state index contributed by atoms with van der Waals surface area (Å²) >= 11 is 6.40. The first-order valence-corrected chi connectivity index (χ1v) is 16.1. The number of phenolic OH excluding ortho intramolecular Hbond substituents is 1. The number of benzene rings is 3. The van der Waals surface area contributed by atoms with Gasteiger partial charge in [-0.3, -0.25) is 19.2 Å². The first kappa shape index (κ1) is 34.6. The SMILES string of the molecule is COc1cc([C@H]2C3=CC[C@@H]4C(=O)N(c5cc(C(F)(F)F)cc(C(F)(F)F)c5)C(=O)[C@@H]4[C@@H]3C[C@H]3C(=O)N(c4ccccc4)C(=O)[C@@]23C)cc(Cl)c1O. The lowest BCUT2D eigenvalue weighted by atomic mass is 9.51. The van der Waals surface area contributed by atoms with Crippen molar-refractivity contribution in [2.75, 3.05) is 16.9 Å². The molecular formula is C36H27ClF6N2O6. The van der Waals surface area contributed by atoms with Crippen LogP contribution in [-0.2, 0) is 31.5 Å². The van der Waals surface area contributed by atoms with Crippen molar-refractivity contribution in [2.24, 2.45) is 29.1 Å². The zero-order chi connectivity index (χ0) is 36.9. The van der Waals surface area contributed by atoms with E-state index in [4.69, 9.17) is 16.3 Å². The molecular weight excluding hydrogens is 706 g/mol. The first-order valence-electron chi connectivity index (χ1n) is 15.8. The first-order chi connectivity index (χ1) is 23.9. The number of alkyl halides is 6. The molecule has 2 saturated heterocycles. The Balaban J connectivity index is 1.38. The molecule has 3 aromatic carbocycles. The summed E-state index contributed by atoms with van der Waals surface area (Å²) in [6.45, 7) is 1.61. The van der Waals surface area contributed by atoms with Crippen LogP contribution in [0.15, 0.2) is 72.3 Å². The van der Waals surface area contributed by atoms with Crippen LogP contribution in [0.4, 0.5) is 37.7 Å². The van der Waals surface area contributed by atoms with Gasteiger partial charge in [0, 0.05) is 5.92 Å². The van der Waals surface area contributed by atoms with Gasteiger partial charge in [0.1, 0.15) is 0 Å². The van der Waals surface area contributed by atoms with Crippen LogP contribution in [0.1, 0.15) is 42.4 Å². The third kappa shape index (κ3) is 5.12. The van der Waals surface area contributed by atoms with Crippen molar-refractivity contribution in [3.63, 3.8) is 0 Å². The number of methoxy groups -OCH3 is 1. The second-order valence-electron chi connectivity index (χ2n) is 13.3. The lowest BCUT2D eigenvalue weighted by Crippen LogP contribution is -2.48. The number of carbonyl (C=O) groups excluding carboxylic acids is 4. The summed E-state index contributed by atoms with van der Waals surface area (Å²) in [4.78, 5) is 58.3. The third-order valence-corrected chi connectivity index (χ3v) is 11.0. The molecule has 2 aliphatic carbocycles. The van der Waals surface area contributed by atoms with Crippen LogP contribution in [0.2, 0.25) is 5.02 Å². The van der Waals surface area contributed by atoms with Crippen molar-refractivity contribution in [2.45, 2.75) is 38.0 Å². The highest BCUT2D eigenvalue weighted by Gasteiger charge is 2.67. The molecule has 0 radical (unpaired) electrons. The van der Waals surface area contributed by atoms with Crippen LogP contribution in [0, 0.1) is 29.1 Å². The van der Waals surface area contributed by atoms with Gasteiger partial charge < -0.3 is 9.84 Å². The quantitative estimate of drug-likeness (QED) is 0.169. The summed E-state index contributed by atoms with van der Waals surface area (Å²) < 4.78 is 87.9. The predicted molar refractivity (Wildman–Crippen MR) is 170 cm³/mol. The van der Waals surface area contributed by atoms with Gasteiger partial charge in [0.25, 0.3) is 0 Å². The van der Waals surface area contributed by atoms with Crippen LogP contribution in [0.3, 0.4) is 0 Å². The molecule has 0 unspecified atom stereocenters. The van der Waals surface area contributed by atoms with Gasteiger partial charge >= 0.3 is 12.4 Å². The Morgan fingerprint density at radius 2 is 1.45 bits per heavy atom. The van der Waals surface area contributed by atoms with Crippen molar-refractivity contribution in [1.82, 2.24) is 0 Å². The fraction of sp³-hybridized carbons (Fsp3) is 0.333. The number of anilines is 2. The van der Waals surface area contributed by atoms with Gasteiger partial charge in [-0.05, 0) is 73.7 Å². The lowest BCUT2D eigenvalue weighted by molar-refractivity contribution is -0.143. The van der Waals surface area contributed by atoms with E-state index in [2.05, 4.69) is 0 Å². The Hall–Kier alpha value is -4.85. The molecule has 8 nitrogen and oxygen atoms in total. The Morgan fingerprint density at radius 1 is 0.824 bits per heavy atom. The molecule has 4 amide bonds. The highest BCUT2D eigenvalue weighted by Crippen LogP contribution is 2.64. The van der Waals surface area contributed by atoms with Crippen molar-refractivity contribution < 1.29 is 55.4 Å². The molecule has 51 heavy (non-hydrogen) atoms. The molecule has 15 heteroatoms. The molecule has 0 spiro atoms. The van der Waals surface area contributed by atoms with E-state index in [1.54, 1.807) is 43.3 Å². The van der Waals surface area contributed by atoms with Crippen molar-refractivity contribution in [3.8, 4) is 11.5 Å². The zero-order valence-corrected chi connectivity index (χ0v) is 27.4. The van der Waals surface area contributed by atoms with Crippen LogP contribution in [0.5, 0.6) is 11.5 Å². The molecule has 6 atom stereocenters. The summed E-state index contributed by atoms with van der Waals surface area (Å²) in [5, 5.41) is 10.4. The number of imide groups is 2. The number of aromatic hydroxyl groups is 1. The fourth-order valence-corrected chi connectivity index (χ4v) is 8.68. The number of carbonyl (C=O) groups is 4. The van der Waals surface area contributed by atoms with Crippen LogP contribution < -0.4 is 14.5 Å². The minimum absolute atomic E-state index is 0.0472. The molecule has 4 aliphatic rings. The van der Waals surface area contributed by atoms with Crippen molar-refractivity contribution >= 4 is 46.6 Å². The average molecular weight is 733 g/mol. The number of phenols is 1. The molecule has 266 valence electrons. The number of amides is 4. The van der Waals surface area contributed by atoms with Crippen LogP contribution in [-0.4, -0.2) is 35.8 Å². The van der Waals surface area contributed by atoms with Gasteiger partial charge in [0.2, 0.25) is 23.6 Å². The Bertz CT molecular complexity index is 2020. The smallest absolute Gasteiger partial charge is 0.416 e. The van der Waals surface area contributed by atoms with Gasteiger partial charge in [0.15, 0.2) is 11.5 Å². The summed E-state index contributed by atoms with van der Waals surface area (Å²) in [7, 11) is 1.28. The molecule has 7 rings (SSSR count). The highest BCUT2D eigenvalue weighted by molar-refractivity contribution is 6.32. The normalized spacial score (nSPS) is 27.7. The number of allylic oxidation sites excluding steroid dienone is 2. The van der Waals surface area contributed by atoms with E-state index >= 15 is 0 Å². The second kappa shape index (κ2) is 11.6. The zero-order valence-electron chi connectivity index (χ0n) is 26.7. The van der Waals surface area contributed by atoms with Crippen LogP contribution >= 0.6 is 11.6 Å². The predicted octanol–water partition coefficient (Wildman–Crippen LogP) is 7.53. The molecule has 3 aromatic rings. The van der Waals surface area contributed by atoms with E-state index in [1.165, 1.54) is 19.2 Å². The monoisotopic (exact) mass is 732 g/mol. The number of nitrogens with zero attached hydrogens (tertiary/aromatic N) is 2. The van der Waals surface area contributed by atoms with Gasteiger partial charge in [-0.1, -0.05) is 41.4 Å². The third-order valence-electron chi connectivity index (χ3n) is 10.7. The van der Waals surface area contributed by atoms with Gasteiger partial charge in [-0.2, -0.15) is 26.3 Å². The molecule has 0 bridgehead atoms. The number of ether oxygens (including phenoxy) is 1. The van der Waals surface area contributed by atoms with E-state index in [1.807, 2.05) is 0 Å². The maximum absolute atomic E-state index is 14.5. The molecule has 0 aromatic heterocycles. The largest absolute Gasteiger partial charge is 0.503 e. The van der Waals surface area contributed by atoms with E-state index in [0.717, 1.165) is 4.90 Å². The van der Waals surface area contributed by atoms with Gasteiger partial charge in [-0.15, -0.1) is 0 Å². The maximum atomic E-state index is 14.5. The van der Waals surface area contributed by atoms with E-state index in [9.17, 15) is 50.6 Å². The van der Waals surface area contributed by atoms with E-state index in [0.29, 0.717) is 33.9 Å². The number of halogens is 7. The summed E-state index contributed by atoms with van der Waals surface area (Å²) in [6.07, 6.45) is -9.06. The minimum atomic E-state index is -5.23. The Labute approximate surface area is 291 Å². The summed E-state index contributed by atoms with van der Waals surface area (Å²) in [5.74, 6) is -9.04. The van der Waals surface area contributed by atoms with Gasteiger partial charge in [0.05, 0.1) is 57.8 Å². The number of fused-ring (bicyclic) bond motifs is 4. The molecule has 3 fully saturated rings. The minimum Gasteiger partial charge on any atom is -0.503 e. The number of rotatable bonds is 4. The van der Waals surface area contributed by atoms with Gasteiger partial charge in [-0.25, -0.2) is 9.80 Å². The number of hydrogen-bond acceptors (Lipinski definition) is 6. The summed E-state index contributed by atoms with van der Waals surface area (Å²) in [6, 6.07) is 11.6. The topological polar surface area (TPSA) is 104 Å². The summed E-state index contributed by atoms with van der Waals surface area (Å²) in [5.41, 5.74) is -4.65. The van der Waals surface area contributed by atoms with E-state index in [-0.39, 0.29) is 35.4 Å². The average Bonchev–Trinajstić information content (AvgIpc) is 3.44. The Morgan fingerprint density at radius 3 is 2.04 bits per heavy atom. The second-order valence-corrected chi connectivity index (χ2v) is 13.7. The molecule has 1 N–H and O–H groups in total. The number of para-hydroxylation sites is 1. The van der Waals surface area contributed by atoms with Crippen molar-refractivity contribution in [3.05, 3.63) is 94.0 Å². The standard InChI is InChI=1S/C36H27ClF6N2O6/c1-34-24(31(48)45(33(34)50)19-6-4-3-5-7-19)15-23-21(28(34)16-10-25(37)29(46)26(11-16)51-2)8-9-22-27(23)32(49)44(30(22)47)20-13-17(35(38,39)40)12-18(14-20)36(41,42)43/h3-8,10-14,22-24,27-28,46H,9,15H2,1-2H3/t22-,23+,24-,27-,28-,34+/m0/s1. The fourth-order valence-electron chi connectivity index (χ4n) is 8.46. The van der Waals surface area contributed by atoms with E-state index < -0.39 is 87.8 Å². The lowest BCUT2D eigenvalue weighted by Gasteiger charge is -2.49. The van der Waals surface area contributed by atoms with Crippen LogP contribution in [0.25, 0.3) is 0 Å². The molecule has 1 saturated carbocycles. The molecule has 2 aliphatic heterocycles. The molecule has 2 heterocycles. The van der Waals surface area contributed by atoms with Crippen molar-refractivity contribution in [1.29, 1.82) is 0 Å². The number of hydrogen-bond donors (Lipinski definition) is 1. The maximum Gasteiger partial charge on any atom is 0.416 e.